The van der Waals surface area contributed by atoms with Crippen LogP contribution in [0.25, 0.3) is 0 Å². The van der Waals surface area contributed by atoms with Gasteiger partial charge >= 0.3 is 11.8 Å². The number of rotatable bonds is 4. The van der Waals surface area contributed by atoms with Crippen molar-refractivity contribution in [2.75, 3.05) is 0 Å². The third-order valence-corrected chi connectivity index (χ3v) is 3.22. The van der Waals surface area contributed by atoms with Crippen LogP contribution in [0.3, 0.4) is 0 Å². The summed E-state index contributed by atoms with van der Waals surface area (Å²) in [5.41, 5.74) is 5.91. The van der Waals surface area contributed by atoms with Gasteiger partial charge in [0.25, 0.3) is 0 Å². The molecular formula is C13H18N4O4. The number of aromatic nitrogens is 1. The van der Waals surface area contributed by atoms with Crippen LogP contribution >= 0.6 is 0 Å². The van der Waals surface area contributed by atoms with Crippen molar-refractivity contribution in [2.45, 2.75) is 45.6 Å². The summed E-state index contributed by atoms with van der Waals surface area (Å²) in [6.07, 6.45) is 2.40. The van der Waals surface area contributed by atoms with E-state index in [0.717, 1.165) is 24.1 Å². The first-order chi connectivity index (χ1) is 9.97. The topological polar surface area (TPSA) is 113 Å². The van der Waals surface area contributed by atoms with Gasteiger partial charge in [-0.3, -0.25) is 25.2 Å². The van der Waals surface area contributed by atoms with Gasteiger partial charge in [-0.1, -0.05) is 5.16 Å². The van der Waals surface area contributed by atoms with Gasteiger partial charge < -0.3 is 9.84 Å². The van der Waals surface area contributed by atoms with E-state index in [-0.39, 0.29) is 18.4 Å². The molecular weight excluding hydrogens is 276 g/mol. The number of hydrazine groups is 1. The van der Waals surface area contributed by atoms with Crippen LogP contribution in [0.4, 0.5) is 0 Å². The number of hydrogen-bond acceptors (Lipinski definition) is 5. The zero-order valence-electron chi connectivity index (χ0n) is 12.0. The molecule has 0 aromatic carbocycles. The maximum absolute atomic E-state index is 11.6. The van der Waals surface area contributed by atoms with Crippen LogP contribution in [-0.2, 0) is 20.8 Å². The van der Waals surface area contributed by atoms with E-state index in [1.54, 1.807) is 13.8 Å². The molecule has 1 aromatic rings. The molecule has 0 atom stereocenters. The third kappa shape index (κ3) is 4.30. The Morgan fingerprint density at radius 1 is 1.19 bits per heavy atom. The molecule has 0 spiro atoms. The van der Waals surface area contributed by atoms with E-state index >= 15 is 0 Å². The predicted molar refractivity (Wildman–Crippen MR) is 71.7 cm³/mol. The second-order valence-electron chi connectivity index (χ2n) is 5.05. The van der Waals surface area contributed by atoms with E-state index in [1.165, 1.54) is 0 Å². The van der Waals surface area contributed by atoms with Gasteiger partial charge in [-0.05, 0) is 33.1 Å². The standard InChI is InChI=1S/C13H18N4O4/c1-7-10(8(2)21-17-7)5-6-11(18)15-16-13(20)12(19)14-9-3-4-9/h9H,3-6H2,1-2H3,(H,14,19)(H,15,18)(H,16,20). The first-order valence-corrected chi connectivity index (χ1v) is 6.78. The number of aryl methyl sites for hydroxylation is 2. The second kappa shape index (κ2) is 6.38. The summed E-state index contributed by atoms with van der Waals surface area (Å²) in [7, 11) is 0. The van der Waals surface area contributed by atoms with Crippen molar-refractivity contribution < 1.29 is 18.9 Å². The van der Waals surface area contributed by atoms with Gasteiger partial charge in [0.05, 0.1) is 5.69 Å². The van der Waals surface area contributed by atoms with E-state index < -0.39 is 11.8 Å². The van der Waals surface area contributed by atoms with Crippen LogP contribution in [0.1, 0.15) is 36.3 Å². The maximum Gasteiger partial charge on any atom is 0.327 e. The second-order valence-corrected chi connectivity index (χ2v) is 5.05. The maximum atomic E-state index is 11.6. The van der Waals surface area contributed by atoms with Crippen LogP contribution in [-0.4, -0.2) is 28.9 Å². The Hall–Kier alpha value is -2.38. The van der Waals surface area contributed by atoms with E-state index in [4.69, 9.17) is 4.52 Å². The van der Waals surface area contributed by atoms with Gasteiger partial charge in [-0.25, -0.2) is 0 Å². The minimum absolute atomic E-state index is 0.0958. The van der Waals surface area contributed by atoms with E-state index in [9.17, 15) is 14.4 Å². The molecule has 8 nitrogen and oxygen atoms in total. The van der Waals surface area contributed by atoms with Crippen molar-refractivity contribution in [1.29, 1.82) is 0 Å². The van der Waals surface area contributed by atoms with Crippen LogP contribution < -0.4 is 16.2 Å². The number of hydrogen-bond donors (Lipinski definition) is 3. The van der Waals surface area contributed by atoms with Crippen LogP contribution in [0.5, 0.6) is 0 Å². The molecule has 1 aliphatic carbocycles. The fraction of sp³-hybridized carbons (Fsp3) is 0.538. The summed E-state index contributed by atoms with van der Waals surface area (Å²) in [6.45, 7) is 3.57. The fourth-order valence-corrected chi connectivity index (χ4v) is 1.82. The molecule has 0 saturated heterocycles. The molecule has 0 aliphatic heterocycles. The lowest BCUT2D eigenvalue weighted by Gasteiger charge is -2.07. The van der Waals surface area contributed by atoms with Crippen molar-refractivity contribution in [2.24, 2.45) is 0 Å². The van der Waals surface area contributed by atoms with Crippen molar-refractivity contribution in [3.8, 4) is 0 Å². The molecule has 0 bridgehead atoms. The zero-order chi connectivity index (χ0) is 15.4. The van der Waals surface area contributed by atoms with Gasteiger partial charge in [-0.2, -0.15) is 0 Å². The molecule has 1 saturated carbocycles. The Morgan fingerprint density at radius 2 is 1.90 bits per heavy atom. The summed E-state index contributed by atoms with van der Waals surface area (Å²) >= 11 is 0. The van der Waals surface area contributed by atoms with Crippen molar-refractivity contribution in [3.63, 3.8) is 0 Å². The summed E-state index contributed by atoms with van der Waals surface area (Å²) in [5, 5.41) is 6.32. The Balaban J connectivity index is 1.69. The number of carbonyl (C=O) groups is 3. The normalized spacial score (nSPS) is 13.6. The average Bonchev–Trinajstić information content (AvgIpc) is 3.20. The molecule has 3 N–H and O–H groups in total. The van der Waals surface area contributed by atoms with E-state index in [1.807, 2.05) is 0 Å². The molecule has 1 heterocycles. The molecule has 1 aliphatic rings. The molecule has 1 fully saturated rings. The molecule has 0 unspecified atom stereocenters. The Kier molecular flexibility index (Phi) is 4.56. The lowest BCUT2D eigenvalue weighted by atomic mass is 10.1. The van der Waals surface area contributed by atoms with Crippen molar-refractivity contribution in [3.05, 3.63) is 17.0 Å². The molecule has 114 valence electrons. The van der Waals surface area contributed by atoms with E-state index in [0.29, 0.717) is 12.2 Å². The molecule has 21 heavy (non-hydrogen) atoms. The molecule has 2 rings (SSSR count). The van der Waals surface area contributed by atoms with Gasteiger partial charge in [0.1, 0.15) is 5.76 Å². The fourth-order valence-electron chi connectivity index (χ4n) is 1.82. The number of nitrogens with zero attached hydrogens (tertiary/aromatic N) is 1. The third-order valence-electron chi connectivity index (χ3n) is 3.22. The number of nitrogens with one attached hydrogen (secondary N) is 3. The summed E-state index contributed by atoms with van der Waals surface area (Å²) in [4.78, 5) is 34.3. The smallest absolute Gasteiger partial charge is 0.327 e. The van der Waals surface area contributed by atoms with Gasteiger partial charge in [0, 0.05) is 18.0 Å². The number of carbonyl (C=O) groups excluding carboxylic acids is 3. The minimum Gasteiger partial charge on any atom is -0.361 e. The molecule has 1 aromatic heterocycles. The Bertz CT molecular complexity index is 543. The average molecular weight is 294 g/mol. The minimum atomic E-state index is -0.868. The zero-order valence-corrected chi connectivity index (χ0v) is 12.0. The first-order valence-electron chi connectivity index (χ1n) is 6.78. The van der Waals surface area contributed by atoms with Crippen molar-refractivity contribution >= 4 is 17.7 Å². The SMILES string of the molecule is Cc1noc(C)c1CCC(=O)NNC(=O)C(=O)NC1CC1. The molecule has 0 radical (unpaired) electrons. The van der Waals surface area contributed by atoms with Crippen LogP contribution in [0.2, 0.25) is 0 Å². The Labute approximate surface area is 121 Å². The van der Waals surface area contributed by atoms with Crippen LogP contribution in [0.15, 0.2) is 4.52 Å². The predicted octanol–water partition coefficient (Wildman–Crippen LogP) is -0.350. The highest BCUT2D eigenvalue weighted by Crippen LogP contribution is 2.18. The number of amides is 3. The lowest BCUT2D eigenvalue weighted by Crippen LogP contribution is -2.49. The summed E-state index contributed by atoms with van der Waals surface area (Å²) < 4.78 is 5.00. The van der Waals surface area contributed by atoms with Gasteiger partial charge in [0.2, 0.25) is 5.91 Å². The largest absolute Gasteiger partial charge is 0.361 e. The summed E-state index contributed by atoms with van der Waals surface area (Å²) in [6, 6.07) is 0.0958. The molecule has 8 heteroatoms. The highest BCUT2D eigenvalue weighted by atomic mass is 16.5. The van der Waals surface area contributed by atoms with Gasteiger partial charge in [-0.15, -0.1) is 0 Å². The Morgan fingerprint density at radius 3 is 2.48 bits per heavy atom. The summed E-state index contributed by atoms with van der Waals surface area (Å²) in [5.74, 6) is -1.31. The lowest BCUT2D eigenvalue weighted by molar-refractivity contribution is -0.141. The van der Waals surface area contributed by atoms with Crippen molar-refractivity contribution in [1.82, 2.24) is 21.3 Å². The molecule has 3 amide bonds. The monoisotopic (exact) mass is 294 g/mol. The first kappa shape index (κ1) is 15.0. The highest BCUT2D eigenvalue weighted by Gasteiger charge is 2.26. The quantitative estimate of drug-likeness (QED) is 0.519. The van der Waals surface area contributed by atoms with Crippen LogP contribution in [0, 0.1) is 13.8 Å². The van der Waals surface area contributed by atoms with E-state index in [2.05, 4.69) is 21.3 Å². The highest BCUT2D eigenvalue weighted by molar-refractivity contribution is 6.35. The van der Waals surface area contributed by atoms with Gasteiger partial charge in [0.15, 0.2) is 0 Å².